The fraction of sp³-hybridized carbons (Fsp3) is 0.143. The molecule has 2 nitrogen and oxygen atoms in total. The zero-order valence-corrected chi connectivity index (χ0v) is 12.7. The van der Waals surface area contributed by atoms with Gasteiger partial charge in [-0.15, -0.1) is 0 Å². The van der Waals surface area contributed by atoms with Crippen LogP contribution in [0, 0.1) is 6.92 Å². The molecule has 0 unspecified atom stereocenters. The molecule has 2 radical (unpaired) electrons. The van der Waals surface area contributed by atoms with Crippen LogP contribution in [0.5, 0.6) is 0 Å². The fourth-order valence-electron chi connectivity index (χ4n) is 0.666. The first-order valence-electron chi connectivity index (χ1n) is 2.91. The average Bonchev–Trinajstić information content (AvgIpc) is 1.88. The van der Waals surface area contributed by atoms with Crippen molar-refractivity contribution in [2.45, 2.75) is 11.8 Å². The second-order valence-electron chi connectivity index (χ2n) is 2.09. The van der Waals surface area contributed by atoms with Crippen molar-refractivity contribution >= 4 is 38.0 Å². The molecule has 1 rings (SSSR count). The quantitative estimate of drug-likeness (QED) is 0.564. The first-order valence-corrected chi connectivity index (χ1v) is 4.09. The Labute approximate surface area is 87.7 Å². The third-order valence-electron chi connectivity index (χ3n) is 1.24. The van der Waals surface area contributed by atoms with E-state index in [1.807, 2.05) is 6.92 Å². The van der Waals surface area contributed by atoms with Gasteiger partial charge in [-0.05, 0) is 19.1 Å². The first-order chi connectivity index (χ1) is 4.70. The summed E-state index contributed by atoms with van der Waals surface area (Å²) in [5, 5.41) is 0. The number of benzene rings is 1. The summed E-state index contributed by atoms with van der Waals surface area (Å²) in [5.41, 5.74) is 1.07. The molecule has 0 amide bonds. The Morgan fingerprint density at radius 2 is 1.55 bits per heavy atom. The normalized spacial score (nSPS) is 9.27. The molecule has 11 heavy (non-hydrogen) atoms. The van der Waals surface area contributed by atoms with Crippen LogP contribution >= 0.6 is 0 Å². The molecule has 4 heteroatoms. The van der Waals surface area contributed by atoms with Gasteiger partial charge in [-0.1, -0.05) is 17.7 Å². The number of rotatable bonds is 1. The Morgan fingerprint density at radius 3 is 1.91 bits per heavy atom. The van der Waals surface area contributed by atoms with Crippen molar-refractivity contribution < 1.29 is 8.42 Å². The maximum atomic E-state index is 10.3. The summed E-state index contributed by atoms with van der Waals surface area (Å²) < 4.78 is 20.7. The van der Waals surface area contributed by atoms with Crippen LogP contribution in [0.3, 0.4) is 0 Å². The van der Waals surface area contributed by atoms with Gasteiger partial charge in [-0.25, -0.2) is 8.42 Å². The predicted octanol–water partition coefficient (Wildman–Crippen LogP) is 0.0491. The van der Waals surface area contributed by atoms with Gasteiger partial charge in [0, 0.05) is 0 Å². The Balaban J connectivity index is 0.000001000. The Morgan fingerprint density at radius 1 is 1.09 bits per heavy atom. The van der Waals surface area contributed by atoms with Gasteiger partial charge in [0.2, 0.25) is 0 Å². The number of hydrogen-bond donors (Lipinski definition) is 1. The zero-order chi connectivity index (χ0) is 7.56. The van der Waals surface area contributed by atoms with Crippen molar-refractivity contribution in [1.29, 1.82) is 0 Å². The molecule has 60 valence electrons. The number of hydrogen-bond acceptors (Lipinski definition) is 2. The van der Waals surface area contributed by atoms with Crippen LogP contribution in [0.25, 0.3) is 0 Å². The van der Waals surface area contributed by atoms with Crippen molar-refractivity contribution in [3.63, 3.8) is 0 Å². The van der Waals surface area contributed by atoms with Crippen LogP contribution in [0.15, 0.2) is 29.2 Å². The summed E-state index contributed by atoms with van der Waals surface area (Å²) in [6.45, 7) is 1.92. The summed E-state index contributed by atoms with van der Waals surface area (Å²) >= 11 is 0. The van der Waals surface area contributed by atoms with Crippen LogP contribution < -0.4 is 0 Å². The van der Waals surface area contributed by atoms with E-state index >= 15 is 0 Å². The van der Waals surface area contributed by atoms with Crippen LogP contribution in [0.4, 0.5) is 0 Å². The van der Waals surface area contributed by atoms with Crippen LogP contribution in [-0.2, 0) is 10.7 Å². The van der Waals surface area contributed by atoms with Crippen molar-refractivity contribution in [3.8, 4) is 0 Å². The second-order valence-corrected chi connectivity index (χ2v) is 3.12. The average molecular weight is 365 g/mol. The summed E-state index contributed by atoms with van der Waals surface area (Å²) in [5.74, 6) is 0. The summed E-state index contributed by atoms with van der Waals surface area (Å²) in [6.07, 6.45) is 0. The van der Waals surface area contributed by atoms with E-state index in [0.29, 0.717) is 4.90 Å². The summed E-state index contributed by atoms with van der Waals surface area (Å²) in [7, 11) is -2.41. The van der Waals surface area contributed by atoms with Crippen LogP contribution in [0.1, 0.15) is 5.56 Å². The van der Waals surface area contributed by atoms with E-state index in [4.69, 9.17) is 0 Å². The Hall–Kier alpha value is 0.0921. The molecule has 0 saturated heterocycles. The fourth-order valence-corrected chi connectivity index (χ4v) is 1.06. The van der Waals surface area contributed by atoms with E-state index in [9.17, 15) is 8.42 Å². The molecule has 0 heterocycles. The molecular formula is C7H10O2PbS. The molecule has 0 spiro atoms. The first kappa shape index (κ1) is 11.1. The van der Waals surface area contributed by atoms with Crippen molar-refractivity contribution in [1.82, 2.24) is 0 Å². The van der Waals surface area contributed by atoms with E-state index in [1.165, 1.54) is 0 Å². The standard InChI is InChI=1S/C7H8O2S.Pb.2H/c1-6-2-4-7(5-3-6)10(8)9;;;/h2-5,10H,1H3;;;. The molecule has 0 atom stereocenters. The topological polar surface area (TPSA) is 34.1 Å². The second kappa shape index (κ2) is 4.87. The molecular weight excluding hydrogens is 355 g/mol. The van der Waals surface area contributed by atoms with Gasteiger partial charge in [-0.2, -0.15) is 0 Å². The molecule has 1 aromatic rings. The van der Waals surface area contributed by atoms with Crippen molar-refractivity contribution in [2.24, 2.45) is 0 Å². The van der Waals surface area contributed by atoms with Crippen molar-refractivity contribution in [3.05, 3.63) is 29.8 Å². The minimum atomic E-state index is -2.41. The Bertz CT molecular complexity index is 282. The molecule has 0 aliphatic rings. The molecule has 0 aliphatic heterocycles. The molecule has 0 fully saturated rings. The molecule has 0 aromatic heterocycles. The van der Waals surface area contributed by atoms with E-state index in [1.54, 1.807) is 24.3 Å². The minimum absolute atomic E-state index is 0. The monoisotopic (exact) mass is 366 g/mol. The summed E-state index contributed by atoms with van der Waals surface area (Å²) in [6, 6.07) is 6.75. The number of thiol groups is 1. The van der Waals surface area contributed by atoms with Gasteiger partial charge < -0.3 is 0 Å². The van der Waals surface area contributed by atoms with Gasteiger partial charge >= 0.3 is 27.3 Å². The van der Waals surface area contributed by atoms with E-state index in [-0.39, 0.29) is 27.3 Å². The Kier molecular flexibility index (Phi) is 4.91. The van der Waals surface area contributed by atoms with Gasteiger partial charge in [0.15, 0.2) is 10.7 Å². The third-order valence-corrected chi connectivity index (χ3v) is 1.96. The molecule has 0 aliphatic carbocycles. The molecule has 0 N–H and O–H groups in total. The summed E-state index contributed by atoms with van der Waals surface area (Å²) in [4.78, 5) is 0.376. The van der Waals surface area contributed by atoms with Gasteiger partial charge in [0.05, 0.1) is 4.90 Å². The third kappa shape index (κ3) is 3.33. The van der Waals surface area contributed by atoms with Crippen LogP contribution in [0.2, 0.25) is 0 Å². The molecule has 0 bridgehead atoms. The molecule has 1 aromatic carbocycles. The number of aryl methyl sites for hydroxylation is 1. The molecule has 0 saturated carbocycles. The van der Waals surface area contributed by atoms with Gasteiger partial charge in [0.1, 0.15) is 0 Å². The van der Waals surface area contributed by atoms with Gasteiger partial charge in [-0.3, -0.25) is 0 Å². The zero-order valence-electron chi connectivity index (χ0n) is 6.28. The van der Waals surface area contributed by atoms with Crippen molar-refractivity contribution in [2.75, 3.05) is 0 Å². The van der Waals surface area contributed by atoms with Crippen LogP contribution in [-0.4, -0.2) is 35.7 Å². The van der Waals surface area contributed by atoms with E-state index in [2.05, 4.69) is 0 Å². The maximum absolute atomic E-state index is 10.3. The van der Waals surface area contributed by atoms with E-state index < -0.39 is 10.7 Å². The SMILES string of the molecule is Cc1ccc([SH](=O)=O)cc1.[PbH2]. The van der Waals surface area contributed by atoms with Gasteiger partial charge in [0.25, 0.3) is 0 Å². The predicted molar refractivity (Wildman–Crippen MR) is 48.3 cm³/mol. The van der Waals surface area contributed by atoms with E-state index in [0.717, 1.165) is 5.56 Å².